The van der Waals surface area contributed by atoms with Crippen LogP contribution in [0.4, 0.5) is 10.1 Å². The lowest BCUT2D eigenvalue weighted by Gasteiger charge is -2.37. The number of halogens is 1. The summed E-state index contributed by atoms with van der Waals surface area (Å²) in [6, 6.07) is 2.83. The SMILES string of the molecule is COc1cc(OC2CC(C)CCC2C(C)C)c(F)cc1N. The fourth-order valence-corrected chi connectivity index (χ4v) is 3.23. The first-order chi connectivity index (χ1) is 9.92. The highest BCUT2D eigenvalue weighted by Crippen LogP contribution is 2.38. The minimum absolute atomic E-state index is 0.0524. The Hall–Kier alpha value is -1.45. The van der Waals surface area contributed by atoms with Gasteiger partial charge in [-0.3, -0.25) is 0 Å². The van der Waals surface area contributed by atoms with Crippen molar-refractivity contribution in [3.63, 3.8) is 0 Å². The van der Waals surface area contributed by atoms with Gasteiger partial charge in [0.25, 0.3) is 0 Å². The molecule has 0 aromatic heterocycles. The molecule has 0 amide bonds. The van der Waals surface area contributed by atoms with Crippen molar-refractivity contribution in [1.82, 2.24) is 0 Å². The highest BCUT2D eigenvalue weighted by atomic mass is 19.1. The van der Waals surface area contributed by atoms with Gasteiger partial charge in [-0.25, -0.2) is 4.39 Å². The average molecular weight is 295 g/mol. The monoisotopic (exact) mass is 295 g/mol. The van der Waals surface area contributed by atoms with Gasteiger partial charge in [0.2, 0.25) is 0 Å². The molecule has 1 aromatic rings. The highest BCUT2D eigenvalue weighted by Gasteiger charge is 2.32. The van der Waals surface area contributed by atoms with E-state index in [1.807, 2.05) is 0 Å². The van der Waals surface area contributed by atoms with Crippen molar-refractivity contribution in [1.29, 1.82) is 0 Å². The predicted molar refractivity (Wildman–Crippen MR) is 83.1 cm³/mol. The molecule has 3 atom stereocenters. The lowest BCUT2D eigenvalue weighted by atomic mass is 9.75. The number of anilines is 1. The Bertz CT molecular complexity index is 490. The van der Waals surface area contributed by atoms with E-state index in [1.165, 1.54) is 19.6 Å². The van der Waals surface area contributed by atoms with E-state index in [2.05, 4.69) is 20.8 Å². The molecule has 0 saturated heterocycles. The van der Waals surface area contributed by atoms with Crippen LogP contribution in [0.1, 0.15) is 40.0 Å². The Kier molecular flexibility index (Phi) is 4.96. The maximum Gasteiger partial charge on any atom is 0.167 e. The fraction of sp³-hybridized carbons (Fsp3) is 0.647. The van der Waals surface area contributed by atoms with E-state index < -0.39 is 5.82 Å². The third-order valence-electron chi connectivity index (χ3n) is 4.52. The van der Waals surface area contributed by atoms with Crippen LogP contribution in [0, 0.1) is 23.6 Å². The third kappa shape index (κ3) is 3.60. The maximum absolute atomic E-state index is 14.1. The normalized spacial score (nSPS) is 25.9. The van der Waals surface area contributed by atoms with Crippen molar-refractivity contribution < 1.29 is 13.9 Å². The minimum Gasteiger partial charge on any atom is -0.494 e. The summed E-state index contributed by atoms with van der Waals surface area (Å²) in [4.78, 5) is 0. The molecule has 118 valence electrons. The molecule has 0 bridgehead atoms. The summed E-state index contributed by atoms with van der Waals surface area (Å²) < 4.78 is 25.3. The first-order valence-corrected chi connectivity index (χ1v) is 7.72. The Balaban J connectivity index is 2.22. The first-order valence-electron chi connectivity index (χ1n) is 7.72. The van der Waals surface area contributed by atoms with E-state index in [4.69, 9.17) is 15.2 Å². The van der Waals surface area contributed by atoms with Gasteiger partial charge in [0, 0.05) is 12.1 Å². The zero-order chi connectivity index (χ0) is 15.6. The summed E-state index contributed by atoms with van der Waals surface area (Å²) in [6.07, 6.45) is 3.37. The van der Waals surface area contributed by atoms with Crippen LogP contribution in [-0.4, -0.2) is 13.2 Å². The molecular formula is C17H26FNO2. The molecule has 21 heavy (non-hydrogen) atoms. The van der Waals surface area contributed by atoms with Crippen LogP contribution in [0.3, 0.4) is 0 Å². The average Bonchev–Trinajstić information content (AvgIpc) is 2.41. The lowest BCUT2D eigenvalue weighted by molar-refractivity contribution is 0.0430. The molecule has 2 rings (SSSR count). The Morgan fingerprint density at radius 1 is 1.24 bits per heavy atom. The summed E-state index contributed by atoms with van der Waals surface area (Å²) in [7, 11) is 1.52. The zero-order valence-corrected chi connectivity index (χ0v) is 13.4. The van der Waals surface area contributed by atoms with Gasteiger partial charge in [-0.1, -0.05) is 27.2 Å². The third-order valence-corrected chi connectivity index (χ3v) is 4.52. The molecule has 1 saturated carbocycles. The smallest absolute Gasteiger partial charge is 0.167 e. The topological polar surface area (TPSA) is 44.5 Å². The molecule has 3 nitrogen and oxygen atoms in total. The second kappa shape index (κ2) is 6.54. The number of hydrogen-bond donors (Lipinski definition) is 1. The zero-order valence-electron chi connectivity index (χ0n) is 13.4. The maximum atomic E-state index is 14.1. The number of nitrogens with two attached hydrogens (primary N) is 1. The summed E-state index contributed by atoms with van der Waals surface area (Å²) in [5, 5.41) is 0. The van der Waals surface area contributed by atoms with E-state index in [1.54, 1.807) is 6.07 Å². The Labute approximate surface area is 126 Å². The van der Waals surface area contributed by atoms with Crippen LogP contribution >= 0.6 is 0 Å². The van der Waals surface area contributed by atoms with Gasteiger partial charge in [0.15, 0.2) is 11.6 Å². The van der Waals surface area contributed by atoms with E-state index in [0.29, 0.717) is 29.2 Å². The number of hydrogen-bond acceptors (Lipinski definition) is 3. The Morgan fingerprint density at radius 2 is 1.95 bits per heavy atom. The van der Waals surface area contributed by atoms with Crippen molar-refractivity contribution >= 4 is 5.69 Å². The summed E-state index contributed by atoms with van der Waals surface area (Å²) >= 11 is 0. The number of benzene rings is 1. The molecule has 4 heteroatoms. The summed E-state index contributed by atoms with van der Waals surface area (Å²) in [5.74, 6) is 1.88. The van der Waals surface area contributed by atoms with E-state index >= 15 is 0 Å². The second-order valence-corrected chi connectivity index (χ2v) is 6.51. The molecule has 0 aliphatic heterocycles. The van der Waals surface area contributed by atoms with Gasteiger partial charge in [0.05, 0.1) is 12.8 Å². The largest absolute Gasteiger partial charge is 0.494 e. The molecule has 3 unspecified atom stereocenters. The standard InChI is InChI=1S/C17H26FNO2/c1-10(2)12-6-5-11(3)7-15(12)21-16-9-17(20-4)14(19)8-13(16)18/h8-12,15H,5-7,19H2,1-4H3. The molecular weight excluding hydrogens is 269 g/mol. The van der Waals surface area contributed by atoms with Gasteiger partial charge in [-0.15, -0.1) is 0 Å². The number of ether oxygens (including phenoxy) is 2. The van der Waals surface area contributed by atoms with Crippen LogP contribution in [0.25, 0.3) is 0 Å². The van der Waals surface area contributed by atoms with Crippen molar-refractivity contribution in [2.24, 2.45) is 17.8 Å². The number of nitrogen functional groups attached to an aromatic ring is 1. The van der Waals surface area contributed by atoms with Crippen LogP contribution in [0.15, 0.2) is 12.1 Å². The van der Waals surface area contributed by atoms with Crippen molar-refractivity contribution in [3.8, 4) is 11.5 Å². The highest BCUT2D eigenvalue weighted by molar-refractivity contribution is 5.56. The molecule has 1 aliphatic rings. The Morgan fingerprint density at radius 3 is 2.57 bits per heavy atom. The first kappa shape index (κ1) is 15.9. The number of rotatable bonds is 4. The molecule has 0 radical (unpaired) electrons. The van der Waals surface area contributed by atoms with Crippen LogP contribution < -0.4 is 15.2 Å². The molecule has 0 heterocycles. The quantitative estimate of drug-likeness (QED) is 0.844. The second-order valence-electron chi connectivity index (χ2n) is 6.51. The predicted octanol–water partition coefficient (Wildman–Crippen LogP) is 4.26. The van der Waals surface area contributed by atoms with Crippen molar-refractivity contribution in [2.45, 2.75) is 46.1 Å². The van der Waals surface area contributed by atoms with Gasteiger partial charge in [0.1, 0.15) is 11.9 Å². The van der Waals surface area contributed by atoms with Crippen LogP contribution in [0.5, 0.6) is 11.5 Å². The summed E-state index contributed by atoms with van der Waals surface area (Å²) in [6.45, 7) is 6.64. The van der Waals surface area contributed by atoms with Gasteiger partial charge in [-0.2, -0.15) is 0 Å². The fourth-order valence-electron chi connectivity index (χ4n) is 3.23. The lowest BCUT2D eigenvalue weighted by Crippen LogP contribution is -2.36. The van der Waals surface area contributed by atoms with Crippen LogP contribution in [0.2, 0.25) is 0 Å². The summed E-state index contributed by atoms with van der Waals surface area (Å²) in [5.41, 5.74) is 6.00. The molecule has 2 N–H and O–H groups in total. The van der Waals surface area contributed by atoms with E-state index in [9.17, 15) is 4.39 Å². The minimum atomic E-state index is -0.422. The molecule has 1 fully saturated rings. The van der Waals surface area contributed by atoms with Gasteiger partial charge in [-0.05, 0) is 30.6 Å². The number of methoxy groups -OCH3 is 1. The van der Waals surface area contributed by atoms with Crippen LogP contribution in [-0.2, 0) is 0 Å². The molecule has 1 aliphatic carbocycles. The van der Waals surface area contributed by atoms with Gasteiger partial charge >= 0.3 is 0 Å². The molecule has 0 spiro atoms. The van der Waals surface area contributed by atoms with Crippen molar-refractivity contribution in [2.75, 3.05) is 12.8 Å². The molecule has 1 aromatic carbocycles. The van der Waals surface area contributed by atoms with E-state index in [-0.39, 0.29) is 11.9 Å². The van der Waals surface area contributed by atoms with Crippen molar-refractivity contribution in [3.05, 3.63) is 17.9 Å². The van der Waals surface area contributed by atoms with E-state index in [0.717, 1.165) is 12.8 Å². The van der Waals surface area contributed by atoms with Gasteiger partial charge < -0.3 is 15.2 Å².